The van der Waals surface area contributed by atoms with Gasteiger partial charge in [-0.25, -0.2) is 9.48 Å². The van der Waals surface area contributed by atoms with Crippen LogP contribution in [0.3, 0.4) is 0 Å². The number of rotatable bonds is 6. The number of hydrogen-bond donors (Lipinski definition) is 1. The maximum Gasteiger partial charge on any atom is 0.331 e. The van der Waals surface area contributed by atoms with Gasteiger partial charge in [-0.3, -0.25) is 14.3 Å². The Morgan fingerprint density at radius 1 is 1.21 bits per heavy atom. The number of halogens is 1. The Morgan fingerprint density at radius 3 is 2.59 bits per heavy atom. The van der Waals surface area contributed by atoms with Gasteiger partial charge in [0.15, 0.2) is 11.3 Å². The number of esters is 1. The summed E-state index contributed by atoms with van der Waals surface area (Å²) in [6, 6.07) is 12.4. The first-order valence-corrected chi connectivity index (χ1v) is 9.40. The molecule has 0 fully saturated rings. The summed E-state index contributed by atoms with van der Waals surface area (Å²) in [5.41, 5.74) is 0.999. The third-order valence-corrected chi connectivity index (χ3v) is 4.57. The molecule has 0 saturated heterocycles. The molecular formula is C20H18BrN3O5. The van der Waals surface area contributed by atoms with E-state index in [1.165, 1.54) is 10.8 Å². The topological polar surface area (TPSA) is 95.5 Å². The average molecular weight is 460 g/mol. The van der Waals surface area contributed by atoms with Crippen molar-refractivity contribution in [2.75, 3.05) is 11.9 Å². The molecule has 2 aromatic heterocycles. The third kappa shape index (κ3) is 4.75. The van der Waals surface area contributed by atoms with E-state index in [1.807, 2.05) is 18.2 Å². The highest BCUT2D eigenvalue weighted by Gasteiger charge is 2.18. The van der Waals surface area contributed by atoms with Gasteiger partial charge in [0.1, 0.15) is 11.4 Å². The van der Waals surface area contributed by atoms with Gasteiger partial charge in [0, 0.05) is 13.1 Å². The van der Waals surface area contributed by atoms with Gasteiger partial charge in [-0.1, -0.05) is 18.2 Å². The summed E-state index contributed by atoms with van der Waals surface area (Å²) in [6.45, 7) is 1.19. The summed E-state index contributed by atoms with van der Waals surface area (Å²) in [7, 11) is 1.72. The van der Waals surface area contributed by atoms with Gasteiger partial charge < -0.3 is 14.5 Å². The minimum Gasteiger partial charge on any atom is -0.452 e. The molecule has 29 heavy (non-hydrogen) atoms. The second-order valence-electron chi connectivity index (χ2n) is 6.07. The fourth-order valence-corrected chi connectivity index (χ4v) is 2.96. The van der Waals surface area contributed by atoms with Crippen molar-refractivity contribution < 1.29 is 18.7 Å². The Bertz CT molecular complexity index is 1120. The molecule has 0 unspecified atom stereocenters. The standard InChI is InChI=1S/C20H18BrN3O5/c1-13-19(20(27)24(23(13)2)14-6-4-3-5-7-14)22-17(25)12-28-18(26)11-9-15-8-10-16(21)29-15/h3-11H,12H2,1-2H3,(H,22,25)/b11-9+. The molecule has 8 nitrogen and oxygen atoms in total. The zero-order chi connectivity index (χ0) is 21.0. The predicted octanol–water partition coefficient (Wildman–Crippen LogP) is 3.04. The van der Waals surface area contributed by atoms with Gasteiger partial charge in [-0.05, 0) is 53.2 Å². The highest BCUT2D eigenvalue weighted by atomic mass is 79.9. The Hall–Kier alpha value is -3.33. The number of hydrogen-bond acceptors (Lipinski definition) is 5. The van der Waals surface area contributed by atoms with Crippen molar-refractivity contribution in [1.29, 1.82) is 0 Å². The Morgan fingerprint density at radius 2 is 1.93 bits per heavy atom. The van der Waals surface area contributed by atoms with E-state index in [9.17, 15) is 14.4 Å². The Balaban J connectivity index is 1.64. The number of amides is 1. The van der Waals surface area contributed by atoms with E-state index < -0.39 is 18.5 Å². The van der Waals surface area contributed by atoms with E-state index in [0.29, 0.717) is 21.8 Å². The molecule has 3 rings (SSSR count). The van der Waals surface area contributed by atoms with Crippen LogP contribution in [0.5, 0.6) is 0 Å². The number of carbonyl (C=O) groups is 2. The van der Waals surface area contributed by atoms with Crippen LogP contribution < -0.4 is 10.9 Å². The molecule has 0 aliphatic rings. The molecule has 2 heterocycles. The second-order valence-corrected chi connectivity index (χ2v) is 6.85. The first kappa shape index (κ1) is 20.4. The van der Waals surface area contributed by atoms with Gasteiger partial charge >= 0.3 is 5.97 Å². The van der Waals surface area contributed by atoms with Gasteiger partial charge in [-0.2, -0.15) is 0 Å². The van der Waals surface area contributed by atoms with E-state index in [1.54, 1.807) is 42.9 Å². The van der Waals surface area contributed by atoms with Crippen molar-refractivity contribution in [3.8, 4) is 5.69 Å². The molecular weight excluding hydrogens is 442 g/mol. The van der Waals surface area contributed by atoms with Gasteiger partial charge in [-0.15, -0.1) is 0 Å². The highest BCUT2D eigenvalue weighted by molar-refractivity contribution is 9.10. The molecule has 0 atom stereocenters. The van der Waals surface area contributed by atoms with Crippen molar-refractivity contribution in [3.05, 3.63) is 75.0 Å². The number of nitrogens with one attached hydrogen (secondary N) is 1. The number of benzene rings is 1. The normalized spacial score (nSPS) is 11.0. The Labute approximate surface area is 174 Å². The number of anilines is 1. The molecule has 0 bridgehead atoms. The first-order valence-electron chi connectivity index (χ1n) is 8.61. The van der Waals surface area contributed by atoms with Crippen LogP contribution in [-0.2, 0) is 21.4 Å². The van der Waals surface area contributed by atoms with Crippen LogP contribution in [0.4, 0.5) is 5.69 Å². The quantitative estimate of drug-likeness (QED) is 0.451. The molecule has 3 aromatic rings. The molecule has 0 spiro atoms. The smallest absolute Gasteiger partial charge is 0.331 e. The maximum absolute atomic E-state index is 12.7. The summed E-state index contributed by atoms with van der Waals surface area (Å²) in [6.07, 6.45) is 2.57. The van der Waals surface area contributed by atoms with Crippen molar-refractivity contribution in [3.63, 3.8) is 0 Å². The average Bonchev–Trinajstić information content (AvgIpc) is 3.22. The highest BCUT2D eigenvalue weighted by Crippen LogP contribution is 2.15. The molecule has 1 amide bonds. The summed E-state index contributed by atoms with van der Waals surface area (Å²) in [5, 5.41) is 2.52. The lowest BCUT2D eigenvalue weighted by atomic mass is 10.3. The lowest BCUT2D eigenvalue weighted by Gasteiger charge is -2.07. The van der Waals surface area contributed by atoms with Crippen LogP contribution in [0.2, 0.25) is 0 Å². The first-order chi connectivity index (χ1) is 13.9. The summed E-state index contributed by atoms with van der Waals surface area (Å²) >= 11 is 3.16. The van der Waals surface area contributed by atoms with Gasteiger partial charge in [0.25, 0.3) is 11.5 Å². The molecule has 0 saturated carbocycles. The minimum absolute atomic E-state index is 0.133. The zero-order valence-electron chi connectivity index (χ0n) is 15.7. The number of nitrogens with zero attached hydrogens (tertiary/aromatic N) is 2. The van der Waals surface area contributed by atoms with Crippen LogP contribution in [-0.4, -0.2) is 27.8 Å². The fourth-order valence-electron chi connectivity index (χ4n) is 2.64. The van der Waals surface area contributed by atoms with E-state index >= 15 is 0 Å². The number of carbonyl (C=O) groups excluding carboxylic acids is 2. The largest absolute Gasteiger partial charge is 0.452 e. The fraction of sp³-hybridized carbons (Fsp3) is 0.150. The molecule has 0 radical (unpaired) electrons. The maximum atomic E-state index is 12.7. The number of aromatic nitrogens is 2. The number of furan rings is 1. The molecule has 1 aromatic carbocycles. The number of ether oxygens (including phenoxy) is 1. The van der Waals surface area contributed by atoms with Crippen LogP contribution in [0.25, 0.3) is 11.8 Å². The molecule has 9 heteroatoms. The van der Waals surface area contributed by atoms with Crippen LogP contribution >= 0.6 is 15.9 Å². The monoisotopic (exact) mass is 459 g/mol. The van der Waals surface area contributed by atoms with Crippen molar-refractivity contribution >= 4 is 39.6 Å². The van der Waals surface area contributed by atoms with Crippen LogP contribution in [0.15, 0.2) is 62.4 Å². The predicted molar refractivity (Wildman–Crippen MR) is 111 cm³/mol. The van der Waals surface area contributed by atoms with Crippen molar-refractivity contribution in [2.24, 2.45) is 7.05 Å². The van der Waals surface area contributed by atoms with Crippen molar-refractivity contribution in [2.45, 2.75) is 6.92 Å². The van der Waals surface area contributed by atoms with Crippen LogP contribution in [0.1, 0.15) is 11.5 Å². The summed E-state index contributed by atoms with van der Waals surface area (Å²) in [5.74, 6) is -0.864. The molecule has 1 N–H and O–H groups in total. The van der Waals surface area contributed by atoms with Gasteiger partial charge in [0.2, 0.25) is 0 Å². The Kier molecular flexibility index (Phi) is 6.18. The van der Waals surface area contributed by atoms with E-state index in [0.717, 1.165) is 6.08 Å². The second kappa shape index (κ2) is 8.78. The van der Waals surface area contributed by atoms with Gasteiger partial charge in [0.05, 0.1) is 11.4 Å². The number of para-hydroxylation sites is 1. The molecule has 0 aliphatic heterocycles. The molecule has 0 aliphatic carbocycles. The summed E-state index contributed by atoms with van der Waals surface area (Å²) in [4.78, 5) is 36.6. The lowest BCUT2D eigenvalue weighted by molar-refractivity contribution is -0.142. The molecule has 150 valence electrons. The van der Waals surface area contributed by atoms with E-state index in [4.69, 9.17) is 9.15 Å². The lowest BCUT2D eigenvalue weighted by Crippen LogP contribution is -2.25. The minimum atomic E-state index is -0.709. The zero-order valence-corrected chi connectivity index (χ0v) is 17.3. The third-order valence-electron chi connectivity index (χ3n) is 4.14. The van der Waals surface area contributed by atoms with E-state index in [2.05, 4.69) is 21.2 Å². The van der Waals surface area contributed by atoms with E-state index in [-0.39, 0.29) is 11.2 Å². The SMILES string of the molecule is Cc1c(NC(=O)COC(=O)/C=C/c2ccc(Br)o2)c(=O)n(-c2ccccc2)n1C. The summed E-state index contributed by atoms with van der Waals surface area (Å²) < 4.78 is 13.7. The van der Waals surface area contributed by atoms with Crippen LogP contribution in [0, 0.1) is 6.92 Å². The van der Waals surface area contributed by atoms with Crippen molar-refractivity contribution in [1.82, 2.24) is 9.36 Å².